The number of nitrogens with zero attached hydrogens (tertiary/aromatic N) is 1. The van der Waals surface area contributed by atoms with E-state index in [1.54, 1.807) is 12.1 Å². The minimum absolute atomic E-state index is 0.243. The Bertz CT molecular complexity index is 343. The highest BCUT2D eigenvalue weighted by Crippen LogP contribution is 2.06. The van der Waals surface area contributed by atoms with Crippen LogP contribution >= 0.6 is 0 Å². The highest BCUT2D eigenvalue weighted by atomic mass is 16.5. The Kier molecular flexibility index (Phi) is 5.24. The molecule has 1 rings (SSSR count). The van der Waals surface area contributed by atoms with Crippen molar-refractivity contribution in [1.29, 1.82) is 0 Å². The standard InChI is InChI=1S/C10H16N4O2/c11-2-5-16-6-4-13-8-1-3-14-9(7-8)10(12)15/h1,3,7H,2,4-6,11H2,(H2,12,15)(H,13,14). The maximum atomic E-state index is 10.9. The summed E-state index contributed by atoms with van der Waals surface area (Å²) in [7, 11) is 0. The van der Waals surface area contributed by atoms with E-state index in [0.29, 0.717) is 26.3 Å². The van der Waals surface area contributed by atoms with Crippen molar-refractivity contribution in [3.05, 3.63) is 24.0 Å². The molecule has 0 bridgehead atoms. The van der Waals surface area contributed by atoms with E-state index >= 15 is 0 Å². The molecule has 1 aromatic heterocycles. The summed E-state index contributed by atoms with van der Waals surface area (Å²) in [6.45, 7) is 2.26. The van der Waals surface area contributed by atoms with Crippen LogP contribution in [0.4, 0.5) is 5.69 Å². The predicted molar refractivity (Wildman–Crippen MR) is 61.1 cm³/mol. The van der Waals surface area contributed by atoms with Gasteiger partial charge in [-0.1, -0.05) is 0 Å². The fourth-order valence-electron chi connectivity index (χ4n) is 1.13. The average molecular weight is 224 g/mol. The molecular formula is C10H16N4O2. The molecule has 0 aromatic carbocycles. The van der Waals surface area contributed by atoms with Crippen LogP contribution in [0.2, 0.25) is 0 Å². The minimum atomic E-state index is -0.539. The second-order valence-electron chi connectivity index (χ2n) is 3.12. The summed E-state index contributed by atoms with van der Waals surface area (Å²) in [6.07, 6.45) is 1.53. The topological polar surface area (TPSA) is 103 Å². The lowest BCUT2D eigenvalue weighted by Crippen LogP contribution is -2.16. The van der Waals surface area contributed by atoms with Crippen molar-refractivity contribution in [2.24, 2.45) is 11.5 Å². The van der Waals surface area contributed by atoms with Crippen LogP contribution in [0.3, 0.4) is 0 Å². The number of carbonyl (C=O) groups is 1. The molecule has 6 heteroatoms. The van der Waals surface area contributed by atoms with E-state index in [9.17, 15) is 4.79 Å². The van der Waals surface area contributed by atoms with Crippen molar-refractivity contribution < 1.29 is 9.53 Å². The van der Waals surface area contributed by atoms with Crippen LogP contribution < -0.4 is 16.8 Å². The van der Waals surface area contributed by atoms with Gasteiger partial charge in [0.1, 0.15) is 5.69 Å². The Balaban J connectivity index is 2.36. The number of carbonyl (C=O) groups excluding carboxylic acids is 1. The summed E-state index contributed by atoms with van der Waals surface area (Å²) in [5.41, 5.74) is 11.4. The second-order valence-corrected chi connectivity index (χ2v) is 3.12. The Morgan fingerprint density at radius 3 is 3.00 bits per heavy atom. The first-order valence-corrected chi connectivity index (χ1v) is 5.01. The number of hydrogen-bond donors (Lipinski definition) is 3. The molecule has 16 heavy (non-hydrogen) atoms. The van der Waals surface area contributed by atoms with Crippen molar-refractivity contribution in [3.8, 4) is 0 Å². The third-order valence-electron chi connectivity index (χ3n) is 1.85. The van der Waals surface area contributed by atoms with Crippen molar-refractivity contribution >= 4 is 11.6 Å². The molecule has 6 nitrogen and oxygen atoms in total. The molecule has 0 spiro atoms. The smallest absolute Gasteiger partial charge is 0.267 e. The van der Waals surface area contributed by atoms with E-state index in [1.165, 1.54) is 6.20 Å². The molecule has 0 aliphatic carbocycles. The number of ether oxygens (including phenoxy) is 1. The molecule has 1 amide bonds. The van der Waals surface area contributed by atoms with E-state index in [0.717, 1.165) is 5.69 Å². The summed E-state index contributed by atoms with van der Waals surface area (Å²) in [4.78, 5) is 14.7. The van der Waals surface area contributed by atoms with Gasteiger partial charge in [0.15, 0.2) is 0 Å². The Hall–Kier alpha value is -1.66. The zero-order chi connectivity index (χ0) is 11.8. The molecule has 0 unspecified atom stereocenters. The van der Waals surface area contributed by atoms with Crippen molar-refractivity contribution in [3.63, 3.8) is 0 Å². The van der Waals surface area contributed by atoms with Gasteiger partial charge in [-0.05, 0) is 12.1 Å². The van der Waals surface area contributed by atoms with Crippen LogP contribution in [0.15, 0.2) is 18.3 Å². The highest BCUT2D eigenvalue weighted by molar-refractivity contribution is 5.91. The molecule has 0 saturated heterocycles. The zero-order valence-corrected chi connectivity index (χ0v) is 8.98. The Morgan fingerprint density at radius 1 is 1.50 bits per heavy atom. The maximum Gasteiger partial charge on any atom is 0.267 e. The number of nitrogens with two attached hydrogens (primary N) is 2. The highest BCUT2D eigenvalue weighted by Gasteiger charge is 2.01. The van der Waals surface area contributed by atoms with Gasteiger partial charge in [-0.3, -0.25) is 9.78 Å². The van der Waals surface area contributed by atoms with Gasteiger partial charge in [0.25, 0.3) is 5.91 Å². The maximum absolute atomic E-state index is 10.9. The zero-order valence-electron chi connectivity index (χ0n) is 8.98. The van der Waals surface area contributed by atoms with Crippen LogP contribution in [0.1, 0.15) is 10.5 Å². The average Bonchev–Trinajstić information content (AvgIpc) is 2.29. The van der Waals surface area contributed by atoms with Crippen molar-refractivity contribution in [2.75, 3.05) is 31.6 Å². The lowest BCUT2D eigenvalue weighted by Gasteiger charge is -2.07. The van der Waals surface area contributed by atoms with Crippen LogP contribution in [-0.2, 0) is 4.74 Å². The lowest BCUT2D eigenvalue weighted by atomic mass is 10.3. The van der Waals surface area contributed by atoms with Gasteiger partial charge in [0.2, 0.25) is 0 Å². The van der Waals surface area contributed by atoms with Gasteiger partial charge in [-0.2, -0.15) is 0 Å². The summed E-state index contributed by atoms with van der Waals surface area (Å²) >= 11 is 0. The molecule has 1 aromatic rings. The van der Waals surface area contributed by atoms with Gasteiger partial charge in [-0.15, -0.1) is 0 Å². The van der Waals surface area contributed by atoms with Crippen molar-refractivity contribution in [2.45, 2.75) is 0 Å². The molecule has 5 N–H and O–H groups in total. The summed E-state index contributed by atoms with van der Waals surface area (Å²) in [5, 5.41) is 3.09. The summed E-state index contributed by atoms with van der Waals surface area (Å²) in [6, 6.07) is 3.36. The van der Waals surface area contributed by atoms with Gasteiger partial charge < -0.3 is 21.5 Å². The van der Waals surface area contributed by atoms with Gasteiger partial charge in [0, 0.05) is 25.0 Å². The fraction of sp³-hybridized carbons (Fsp3) is 0.400. The molecule has 0 radical (unpaired) electrons. The third kappa shape index (κ3) is 4.24. The third-order valence-corrected chi connectivity index (χ3v) is 1.85. The second kappa shape index (κ2) is 6.76. The summed E-state index contributed by atoms with van der Waals surface area (Å²) < 4.78 is 5.19. The van der Waals surface area contributed by atoms with E-state index in [4.69, 9.17) is 16.2 Å². The van der Waals surface area contributed by atoms with E-state index in [1.807, 2.05) is 0 Å². The monoisotopic (exact) mass is 224 g/mol. The Morgan fingerprint density at radius 2 is 2.31 bits per heavy atom. The van der Waals surface area contributed by atoms with Crippen LogP contribution in [0.25, 0.3) is 0 Å². The lowest BCUT2D eigenvalue weighted by molar-refractivity contribution is 0.0995. The molecule has 0 aliphatic rings. The van der Waals surface area contributed by atoms with E-state index < -0.39 is 5.91 Å². The van der Waals surface area contributed by atoms with Crippen LogP contribution in [-0.4, -0.2) is 37.2 Å². The quantitative estimate of drug-likeness (QED) is 0.545. The number of aromatic nitrogens is 1. The Labute approximate surface area is 94.0 Å². The first-order chi connectivity index (χ1) is 7.74. The first kappa shape index (κ1) is 12.4. The number of primary amides is 1. The van der Waals surface area contributed by atoms with E-state index in [2.05, 4.69) is 10.3 Å². The van der Waals surface area contributed by atoms with Gasteiger partial charge in [-0.25, -0.2) is 0 Å². The van der Waals surface area contributed by atoms with Gasteiger partial charge in [0.05, 0.1) is 13.2 Å². The van der Waals surface area contributed by atoms with Crippen LogP contribution in [0, 0.1) is 0 Å². The van der Waals surface area contributed by atoms with Crippen LogP contribution in [0.5, 0.6) is 0 Å². The first-order valence-electron chi connectivity index (χ1n) is 5.01. The van der Waals surface area contributed by atoms with Gasteiger partial charge >= 0.3 is 0 Å². The minimum Gasteiger partial charge on any atom is -0.383 e. The number of hydrogen-bond acceptors (Lipinski definition) is 5. The molecule has 0 aliphatic heterocycles. The molecule has 0 saturated carbocycles. The molecular weight excluding hydrogens is 208 g/mol. The number of nitrogens with one attached hydrogen (secondary N) is 1. The number of amides is 1. The molecule has 0 fully saturated rings. The van der Waals surface area contributed by atoms with Crippen molar-refractivity contribution in [1.82, 2.24) is 4.98 Å². The molecule has 88 valence electrons. The normalized spacial score (nSPS) is 10.1. The predicted octanol–water partition coefficient (Wildman–Crippen LogP) is -0.432. The number of rotatable bonds is 7. The summed E-state index contributed by atoms with van der Waals surface area (Å²) in [5.74, 6) is -0.539. The largest absolute Gasteiger partial charge is 0.383 e. The molecule has 1 heterocycles. The van der Waals surface area contributed by atoms with E-state index in [-0.39, 0.29) is 5.69 Å². The number of anilines is 1. The SMILES string of the molecule is NCCOCCNc1ccnc(C(N)=O)c1. The molecule has 0 atom stereocenters. The fourth-order valence-corrected chi connectivity index (χ4v) is 1.13. The number of pyridine rings is 1.